The molecule has 8 heteroatoms. The largest absolute Gasteiger partial charge is 0.354 e. The molecule has 2 amide bonds. The minimum absolute atomic E-state index is 0.00846. The Kier molecular flexibility index (Phi) is 9.65. The van der Waals surface area contributed by atoms with Crippen LogP contribution in [0.25, 0.3) is 0 Å². The first-order chi connectivity index (χ1) is 17.3. The summed E-state index contributed by atoms with van der Waals surface area (Å²) >= 11 is 12.2. The van der Waals surface area contributed by atoms with Crippen LogP contribution in [0.4, 0.5) is 5.69 Å². The summed E-state index contributed by atoms with van der Waals surface area (Å²) in [5.41, 5.74) is 6.86. The van der Waals surface area contributed by atoms with Crippen LogP contribution in [0.1, 0.15) is 65.9 Å². The molecule has 0 spiro atoms. The van der Waals surface area contributed by atoms with Crippen LogP contribution >= 0.6 is 23.2 Å². The van der Waals surface area contributed by atoms with Crippen molar-refractivity contribution in [2.75, 3.05) is 11.9 Å². The molecule has 1 aromatic carbocycles. The molecule has 4 atom stereocenters. The average Bonchev–Trinajstić information content (AvgIpc) is 2.83. The molecule has 37 heavy (non-hydrogen) atoms. The van der Waals surface area contributed by atoms with Gasteiger partial charge in [0.2, 0.25) is 11.8 Å². The summed E-state index contributed by atoms with van der Waals surface area (Å²) in [4.78, 5) is 30.6. The maximum Gasteiger partial charge on any atom is 0.230 e. The van der Waals surface area contributed by atoms with E-state index in [0.717, 1.165) is 30.5 Å². The molecule has 0 bridgehead atoms. The zero-order chi connectivity index (χ0) is 27.4. The highest BCUT2D eigenvalue weighted by Crippen LogP contribution is 2.46. The van der Waals surface area contributed by atoms with Crippen molar-refractivity contribution in [3.05, 3.63) is 58.3 Å². The van der Waals surface area contributed by atoms with Crippen LogP contribution < -0.4 is 16.4 Å². The molecular formula is C29H40Cl2N4O2. The Bertz CT molecular complexity index is 1090. The van der Waals surface area contributed by atoms with Gasteiger partial charge < -0.3 is 16.4 Å². The highest BCUT2D eigenvalue weighted by molar-refractivity contribution is 6.42. The van der Waals surface area contributed by atoms with Gasteiger partial charge in [0.1, 0.15) is 0 Å². The molecule has 4 N–H and O–H groups in total. The highest BCUT2D eigenvalue weighted by atomic mass is 35.5. The number of aromatic nitrogens is 1. The van der Waals surface area contributed by atoms with E-state index in [-0.39, 0.29) is 23.8 Å². The second kappa shape index (κ2) is 12.1. The van der Waals surface area contributed by atoms with Gasteiger partial charge in [-0.1, -0.05) is 50.0 Å². The Balaban J connectivity index is 1.70. The fraction of sp³-hybridized carbons (Fsp3) is 0.552. The third-order valence-corrected chi connectivity index (χ3v) is 8.43. The molecule has 6 nitrogen and oxygen atoms in total. The maximum absolute atomic E-state index is 13.4. The summed E-state index contributed by atoms with van der Waals surface area (Å²) in [5, 5.41) is 7.00. The van der Waals surface area contributed by atoms with E-state index in [1.165, 1.54) is 0 Å². The predicted molar refractivity (Wildman–Crippen MR) is 152 cm³/mol. The van der Waals surface area contributed by atoms with Crippen LogP contribution in [-0.4, -0.2) is 29.4 Å². The summed E-state index contributed by atoms with van der Waals surface area (Å²) < 4.78 is 0. The standard InChI is InChI=1S/C29H40Cl2N4O2/c1-18(2)12-19-13-20(16-29(5,15-19)27(37)35-22-8-10-33-11-9-22)25(32)17-34-26(36)28(3,4)21-6-7-23(30)24(31)14-21/h6-11,14,18-20,25H,12-13,15-17,32H2,1-5H3,(H,34,36)(H,33,35,37). The number of hydrogen-bond donors (Lipinski definition) is 3. The molecule has 1 aromatic heterocycles. The second-order valence-electron chi connectivity index (χ2n) is 11.8. The molecular weight excluding hydrogens is 507 g/mol. The lowest BCUT2D eigenvalue weighted by Gasteiger charge is -2.44. The number of pyridine rings is 1. The van der Waals surface area contributed by atoms with Gasteiger partial charge in [-0.05, 0) is 87.1 Å². The van der Waals surface area contributed by atoms with Crippen molar-refractivity contribution in [3.8, 4) is 0 Å². The monoisotopic (exact) mass is 546 g/mol. The predicted octanol–water partition coefficient (Wildman–Crippen LogP) is 6.22. The van der Waals surface area contributed by atoms with E-state index >= 15 is 0 Å². The lowest BCUT2D eigenvalue weighted by Crippen LogP contribution is -2.51. The molecule has 202 valence electrons. The van der Waals surface area contributed by atoms with Gasteiger partial charge in [0.05, 0.1) is 15.5 Å². The molecule has 1 fully saturated rings. The number of carbonyl (C=O) groups excluding carboxylic acids is 2. The number of nitrogens with two attached hydrogens (primary N) is 1. The highest BCUT2D eigenvalue weighted by Gasteiger charge is 2.44. The first-order valence-electron chi connectivity index (χ1n) is 13.0. The van der Waals surface area contributed by atoms with E-state index in [1.807, 2.05) is 26.8 Å². The Labute approximate surface area is 231 Å². The Morgan fingerprint density at radius 2 is 1.81 bits per heavy atom. The maximum atomic E-state index is 13.4. The van der Waals surface area contributed by atoms with Crippen LogP contribution in [0.15, 0.2) is 42.7 Å². The van der Waals surface area contributed by atoms with E-state index in [9.17, 15) is 9.59 Å². The number of carbonyl (C=O) groups is 2. The number of anilines is 1. The van der Waals surface area contributed by atoms with Crippen molar-refractivity contribution < 1.29 is 9.59 Å². The van der Waals surface area contributed by atoms with E-state index in [2.05, 4.69) is 29.5 Å². The molecule has 1 saturated carbocycles. The summed E-state index contributed by atoms with van der Waals surface area (Å²) in [6.45, 7) is 10.5. The fourth-order valence-corrected chi connectivity index (χ4v) is 5.88. The fourth-order valence-electron chi connectivity index (χ4n) is 5.58. The summed E-state index contributed by atoms with van der Waals surface area (Å²) in [7, 11) is 0. The van der Waals surface area contributed by atoms with Crippen LogP contribution in [0.2, 0.25) is 10.0 Å². The number of hydrogen-bond acceptors (Lipinski definition) is 4. The number of amides is 2. The number of rotatable bonds is 9. The van der Waals surface area contributed by atoms with Crippen LogP contribution in [-0.2, 0) is 15.0 Å². The van der Waals surface area contributed by atoms with Gasteiger partial charge in [0, 0.05) is 36.1 Å². The zero-order valence-corrected chi connectivity index (χ0v) is 24.0. The number of nitrogens with one attached hydrogen (secondary N) is 2. The third-order valence-electron chi connectivity index (χ3n) is 7.69. The van der Waals surface area contributed by atoms with Crippen molar-refractivity contribution in [1.29, 1.82) is 0 Å². The van der Waals surface area contributed by atoms with E-state index in [4.69, 9.17) is 28.9 Å². The van der Waals surface area contributed by atoms with Gasteiger partial charge in [-0.25, -0.2) is 0 Å². The smallest absolute Gasteiger partial charge is 0.230 e. The van der Waals surface area contributed by atoms with Crippen molar-refractivity contribution in [2.24, 2.45) is 28.9 Å². The first-order valence-corrected chi connectivity index (χ1v) is 13.8. The molecule has 3 rings (SSSR count). The Morgan fingerprint density at radius 3 is 2.43 bits per heavy atom. The third kappa shape index (κ3) is 7.46. The van der Waals surface area contributed by atoms with Gasteiger partial charge in [-0.15, -0.1) is 0 Å². The number of halogens is 2. The van der Waals surface area contributed by atoms with Crippen LogP contribution in [0.5, 0.6) is 0 Å². The SMILES string of the molecule is CC(C)CC1CC(C(N)CNC(=O)C(C)(C)c2ccc(Cl)c(Cl)c2)CC(C)(C(=O)Nc2ccncc2)C1. The molecule has 0 saturated heterocycles. The quantitative estimate of drug-likeness (QED) is 0.347. The topological polar surface area (TPSA) is 97.1 Å². The summed E-state index contributed by atoms with van der Waals surface area (Å²) in [5.74, 6) is 0.905. The normalized spacial score (nSPS) is 22.9. The minimum Gasteiger partial charge on any atom is -0.354 e. The molecule has 1 aliphatic carbocycles. The van der Waals surface area contributed by atoms with E-state index in [1.54, 1.807) is 36.7 Å². The molecule has 0 radical (unpaired) electrons. The van der Waals surface area contributed by atoms with Crippen molar-refractivity contribution in [3.63, 3.8) is 0 Å². The second-order valence-corrected chi connectivity index (χ2v) is 12.6. The van der Waals surface area contributed by atoms with Gasteiger partial charge >= 0.3 is 0 Å². The number of nitrogens with zero attached hydrogens (tertiary/aromatic N) is 1. The van der Waals surface area contributed by atoms with E-state index < -0.39 is 10.8 Å². The van der Waals surface area contributed by atoms with Gasteiger partial charge in [-0.3, -0.25) is 14.6 Å². The van der Waals surface area contributed by atoms with E-state index in [0.29, 0.717) is 34.8 Å². The minimum atomic E-state index is -0.806. The van der Waals surface area contributed by atoms with Crippen molar-refractivity contribution in [2.45, 2.75) is 71.8 Å². The Morgan fingerprint density at radius 1 is 1.14 bits per heavy atom. The summed E-state index contributed by atoms with van der Waals surface area (Å²) in [6.07, 6.45) is 6.82. The zero-order valence-electron chi connectivity index (χ0n) is 22.5. The molecule has 1 heterocycles. The van der Waals surface area contributed by atoms with Gasteiger partial charge in [-0.2, -0.15) is 0 Å². The lowest BCUT2D eigenvalue weighted by molar-refractivity contribution is -0.129. The van der Waals surface area contributed by atoms with Crippen molar-refractivity contribution >= 4 is 40.7 Å². The van der Waals surface area contributed by atoms with Gasteiger partial charge in [0.25, 0.3) is 0 Å². The molecule has 0 aliphatic heterocycles. The first kappa shape index (κ1) is 29.4. The molecule has 1 aliphatic rings. The number of benzene rings is 1. The van der Waals surface area contributed by atoms with Gasteiger partial charge in [0.15, 0.2) is 0 Å². The van der Waals surface area contributed by atoms with Crippen molar-refractivity contribution in [1.82, 2.24) is 10.3 Å². The molecule has 2 aromatic rings. The average molecular weight is 548 g/mol. The molecule has 4 unspecified atom stereocenters. The van der Waals surface area contributed by atoms with Crippen LogP contribution in [0, 0.1) is 23.2 Å². The Hall–Kier alpha value is -2.15. The summed E-state index contributed by atoms with van der Waals surface area (Å²) in [6, 6.07) is 8.58. The lowest BCUT2D eigenvalue weighted by atomic mass is 9.63. The van der Waals surface area contributed by atoms with Crippen LogP contribution in [0.3, 0.4) is 0 Å².